The molecule has 1 heterocycles. The van der Waals surface area contributed by atoms with Crippen molar-refractivity contribution >= 4 is 5.91 Å². The average molecular weight is 267 g/mol. The van der Waals surface area contributed by atoms with Crippen LogP contribution in [0.25, 0.3) is 5.69 Å². The third kappa shape index (κ3) is 2.87. The molecule has 0 fully saturated rings. The van der Waals surface area contributed by atoms with Gasteiger partial charge in [-0.15, -0.1) is 5.73 Å². The van der Waals surface area contributed by atoms with Crippen molar-refractivity contribution in [1.82, 2.24) is 15.1 Å². The van der Waals surface area contributed by atoms with E-state index < -0.39 is 0 Å². The highest BCUT2D eigenvalue weighted by molar-refractivity contribution is 5.87. The van der Waals surface area contributed by atoms with Crippen LogP contribution in [0.3, 0.4) is 0 Å². The van der Waals surface area contributed by atoms with Crippen molar-refractivity contribution in [2.45, 2.75) is 20.4 Å². The molecule has 0 saturated carbocycles. The van der Waals surface area contributed by atoms with Crippen LogP contribution in [0.15, 0.2) is 48.7 Å². The van der Waals surface area contributed by atoms with Crippen LogP contribution in [0.4, 0.5) is 0 Å². The Bertz CT molecular complexity index is 665. The summed E-state index contributed by atoms with van der Waals surface area (Å²) in [5.74, 6) is -0.203. The Morgan fingerprint density at radius 2 is 2.10 bits per heavy atom. The molecule has 1 amide bonds. The third-order valence-corrected chi connectivity index (χ3v) is 3.11. The standard InChI is InChI=1S/C16H17N3O/c1-4-8-16(20)17-11-15-12(2)18-19(13(15)3)14-9-6-5-7-10-14/h5-10H,1,11H2,2-3H3,(H,17,20). The van der Waals surface area contributed by atoms with Crippen LogP contribution >= 0.6 is 0 Å². The Morgan fingerprint density at radius 1 is 1.40 bits per heavy atom. The van der Waals surface area contributed by atoms with Gasteiger partial charge in [-0.1, -0.05) is 24.8 Å². The summed E-state index contributed by atoms with van der Waals surface area (Å²) in [6.45, 7) is 7.76. The van der Waals surface area contributed by atoms with Gasteiger partial charge in [-0.25, -0.2) is 4.68 Å². The van der Waals surface area contributed by atoms with Gasteiger partial charge in [0.2, 0.25) is 0 Å². The average Bonchev–Trinajstić information content (AvgIpc) is 2.73. The summed E-state index contributed by atoms with van der Waals surface area (Å²) in [4.78, 5) is 11.4. The summed E-state index contributed by atoms with van der Waals surface area (Å²) in [7, 11) is 0. The summed E-state index contributed by atoms with van der Waals surface area (Å²) in [6.07, 6.45) is 1.28. The summed E-state index contributed by atoms with van der Waals surface area (Å²) in [6, 6.07) is 9.92. The van der Waals surface area contributed by atoms with Gasteiger partial charge in [0.15, 0.2) is 0 Å². The van der Waals surface area contributed by atoms with Gasteiger partial charge in [0.1, 0.15) is 0 Å². The highest BCUT2D eigenvalue weighted by Crippen LogP contribution is 2.17. The van der Waals surface area contributed by atoms with Crippen molar-refractivity contribution in [2.24, 2.45) is 0 Å². The number of nitrogens with one attached hydrogen (secondary N) is 1. The number of carbonyl (C=O) groups excluding carboxylic acids is 1. The molecular formula is C16H17N3O. The zero-order valence-corrected chi connectivity index (χ0v) is 11.7. The third-order valence-electron chi connectivity index (χ3n) is 3.11. The van der Waals surface area contributed by atoms with E-state index in [0.29, 0.717) is 6.54 Å². The highest BCUT2D eigenvalue weighted by atomic mass is 16.1. The predicted molar refractivity (Wildman–Crippen MR) is 78.6 cm³/mol. The smallest absolute Gasteiger partial charge is 0.251 e. The van der Waals surface area contributed by atoms with E-state index in [2.05, 4.69) is 22.7 Å². The van der Waals surface area contributed by atoms with Gasteiger partial charge in [-0.2, -0.15) is 5.10 Å². The highest BCUT2D eigenvalue weighted by Gasteiger charge is 2.12. The summed E-state index contributed by atoms with van der Waals surface area (Å²) in [5.41, 5.74) is 6.43. The van der Waals surface area contributed by atoms with Gasteiger partial charge in [0, 0.05) is 23.9 Å². The topological polar surface area (TPSA) is 46.9 Å². The second kappa shape index (κ2) is 6.04. The van der Waals surface area contributed by atoms with Crippen LogP contribution in [0.1, 0.15) is 17.0 Å². The van der Waals surface area contributed by atoms with E-state index in [9.17, 15) is 4.79 Å². The summed E-state index contributed by atoms with van der Waals surface area (Å²) >= 11 is 0. The largest absolute Gasteiger partial charge is 0.348 e. The van der Waals surface area contributed by atoms with E-state index in [0.717, 1.165) is 22.6 Å². The SMILES string of the molecule is C=C=CC(=O)NCc1c(C)nn(-c2ccccc2)c1C. The predicted octanol–water partition coefficient (Wildman–Crippen LogP) is 2.45. The normalized spacial score (nSPS) is 9.90. The number of benzene rings is 1. The van der Waals surface area contributed by atoms with Gasteiger partial charge in [-0.05, 0) is 26.0 Å². The number of para-hydroxylation sites is 1. The Kier molecular flexibility index (Phi) is 4.18. The molecule has 0 aliphatic carbocycles. The number of hydrogen-bond acceptors (Lipinski definition) is 2. The van der Waals surface area contributed by atoms with Crippen molar-refractivity contribution < 1.29 is 4.79 Å². The molecule has 102 valence electrons. The fourth-order valence-corrected chi connectivity index (χ4v) is 2.07. The van der Waals surface area contributed by atoms with E-state index in [1.807, 2.05) is 48.9 Å². The molecule has 1 aromatic heterocycles. The molecule has 2 rings (SSSR count). The van der Waals surface area contributed by atoms with Crippen LogP contribution in [-0.2, 0) is 11.3 Å². The lowest BCUT2D eigenvalue weighted by Gasteiger charge is -2.05. The van der Waals surface area contributed by atoms with Crippen LogP contribution in [0.5, 0.6) is 0 Å². The maximum absolute atomic E-state index is 11.4. The number of rotatable bonds is 4. The van der Waals surface area contributed by atoms with E-state index >= 15 is 0 Å². The number of nitrogens with zero attached hydrogens (tertiary/aromatic N) is 2. The van der Waals surface area contributed by atoms with Crippen LogP contribution in [-0.4, -0.2) is 15.7 Å². The molecule has 0 aliphatic heterocycles. The molecular weight excluding hydrogens is 250 g/mol. The fraction of sp³-hybridized carbons (Fsp3) is 0.188. The molecule has 4 nitrogen and oxygen atoms in total. The van der Waals surface area contributed by atoms with Gasteiger partial charge in [-0.3, -0.25) is 4.79 Å². The number of amides is 1. The second-order valence-corrected chi connectivity index (χ2v) is 4.46. The van der Waals surface area contributed by atoms with Gasteiger partial charge in [0.05, 0.1) is 11.4 Å². The first kappa shape index (κ1) is 13.8. The Balaban J connectivity index is 2.26. The van der Waals surface area contributed by atoms with Crippen molar-refractivity contribution in [3.8, 4) is 5.69 Å². The monoisotopic (exact) mass is 267 g/mol. The quantitative estimate of drug-likeness (QED) is 0.683. The van der Waals surface area contributed by atoms with Crippen molar-refractivity contribution in [3.05, 3.63) is 65.7 Å². The molecule has 2 aromatic rings. The van der Waals surface area contributed by atoms with Gasteiger partial charge in [0.25, 0.3) is 5.91 Å². The number of hydrogen-bond donors (Lipinski definition) is 1. The maximum atomic E-state index is 11.4. The first-order valence-electron chi connectivity index (χ1n) is 6.37. The van der Waals surface area contributed by atoms with E-state index in [4.69, 9.17) is 0 Å². The van der Waals surface area contributed by atoms with Gasteiger partial charge >= 0.3 is 0 Å². The lowest BCUT2D eigenvalue weighted by Crippen LogP contribution is -2.20. The van der Waals surface area contributed by atoms with Crippen LogP contribution in [0.2, 0.25) is 0 Å². The Morgan fingerprint density at radius 3 is 2.75 bits per heavy atom. The van der Waals surface area contributed by atoms with Crippen LogP contribution in [0, 0.1) is 13.8 Å². The van der Waals surface area contributed by atoms with Crippen molar-refractivity contribution in [2.75, 3.05) is 0 Å². The zero-order chi connectivity index (χ0) is 14.5. The molecule has 1 N–H and O–H groups in total. The summed E-state index contributed by atoms with van der Waals surface area (Å²) < 4.78 is 1.89. The number of carbonyl (C=O) groups is 1. The number of aromatic nitrogens is 2. The maximum Gasteiger partial charge on any atom is 0.251 e. The molecule has 1 aromatic carbocycles. The molecule has 20 heavy (non-hydrogen) atoms. The minimum Gasteiger partial charge on any atom is -0.348 e. The summed E-state index contributed by atoms with van der Waals surface area (Å²) in [5, 5.41) is 7.33. The van der Waals surface area contributed by atoms with E-state index in [-0.39, 0.29) is 5.91 Å². The van der Waals surface area contributed by atoms with E-state index in [1.54, 1.807) is 0 Å². The molecule has 0 spiro atoms. The fourth-order valence-electron chi connectivity index (χ4n) is 2.07. The minimum atomic E-state index is -0.203. The molecule has 0 unspecified atom stereocenters. The first-order chi connectivity index (χ1) is 9.63. The van der Waals surface area contributed by atoms with Crippen LogP contribution < -0.4 is 5.32 Å². The second-order valence-electron chi connectivity index (χ2n) is 4.46. The lowest BCUT2D eigenvalue weighted by molar-refractivity contribution is -0.116. The zero-order valence-electron chi connectivity index (χ0n) is 11.7. The van der Waals surface area contributed by atoms with E-state index in [1.165, 1.54) is 6.08 Å². The minimum absolute atomic E-state index is 0.203. The van der Waals surface area contributed by atoms with Crippen molar-refractivity contribution in [3.63, 3.8) is 0 Å². The molecule has 0 aliphatic rings. The molecule has 4 heteroatoms. The Hall–Kier alpha value is -2.58. The van der Waals surface area contributed by atoms with Crippen molar-refractivity contribution in [1.29, 1.82) is 0 Å². The Labute approximate surface area is 118 Å². The first-order valence-corrected chi connectivity index (χ1v) is 6.37. The van der Waals surface area contributed by atoms with Gasteiger partial charge < -0.3 is 5.32 Å². The number of aryl methyl sites for hydroxylation is 1. The molecule has 0 atom stereocenters. The molecule has 0 bridgehead atoms. The molecule has 0 radical (unpaired) electrons. The lowest BCUT2D eigenvalue weighted by atomic mass is 10.2. The molecule has 0 saturated heterocycles.